The molecule has 0 radical (unpaired) electrons. The first-order chi connectivity index (χ1) is 12.8. The average Bonchev–Trinajstić information content (AvgIpc) is 2.90. The van der Waals surface area contributed by atoms with Gasteiger partial charge in [-0.05, 0) is 24.6 Å². The topological polar surface area (TPSA) is 113 Å². The molecule has 140 valence electrons. The number of nitrogens with one attached hydrogen (secondary N) is 2. The van der Waals surface area contributed by atoms with Crippen LogP contribution in [0.15, 0.2) is 59.5 Å². The van der Waals surface area contributed by atoms with E-state index in [0.29, 0.717) is 10.5 Å². The highest BCUT2D eigenvalue weighted by Crippen LogP contribution is 2.21. The third-order valence-corrected chi connectivity index (χ3v) is 5.43. The molecule has 0 aromatic heterocycles. The van der Waals surface area contributed by atoms with Crippen molar-refractivity contribution < 1.29 is 22.8 Å². The Hall–Kier alpha value is -3.20. The highest BCUT2D eigenvalue weighted by atomic mass is 32.2. The number of carbonyl (C=O) groups is 3. The van der Waals surface area contributed by atoms with Gasteiger partial charge in [0.05, 0.1) is 4.90 Å². The Bertz CT molecular complexity index is 987. The minimum atomic E-state index is -4.09. The largest absolute Gasteiger partial charge is 0.325 e. The van der Waals surface area contributed by atoms with Gasteiger partial charge in [0.15, 0.2) is 0 Å². The van der Waals surface area contributed by atoms with Gasteiger partial charge in [0, 0.05) is 0 Å². The van der Waals surface area contributed by atoms with Gasteiger partial charge in [0.2, 0.25) is 0 Å². The number of nitrogens with zero attached hydrogens (tertiary/aromatic N) is 1. The summed E-state index contributed by atoms with van der Waals surface area (Å²) in [5.41, 5.74) is 1.44. The van der Waals surface area contributed by atoms with E-state index in [2.05, 4.69) is 5.32 Å². The molecule has 1 unspecified atom stereocenters. The van der Waals surface area contributed by atoms with Gasteiger partial charge >= 0.3 is 6.03 Å². The number of benzene rings is 2. The van der Waals surface area contributed by atoms with Crippen LogP contribution in [0.4, 0.5) is 4.79 Å². The van der Waals surface area contributed by atoms with Crippen LogP contribution in [0.3, 0.4) is 0 Å². The van der Waals surface area contributed by atoms with Gasteiger partial charge in [-0.2, -0.15) is 0 Å². The van der Waals surface area contributed by atoms with Crippen molar-refractivity contribution in [2.75, 3.05) is 6.54 Å². The summed E-state index contributed by atoms with van der Waals surface area (Å²) in [6, 6.07) is 12.8. The second-order valence-corrected chi connectivity index (χ2v) is 7.74. The molecule has 0 bridgehead atoms. The monoisotopic (exact) mass is 387 g/mol. The van der Waals surface area contributed by atoms with E-state index in [4.69, 9.17) is 0 Å². The molecule has 2 aromatic carbocycles. The number of hydrogen-bond acceptors (Lipinski definition) is 5. The molecule has 1 aliphatic heterocycles. The fraction of sp³-hybridized carbons (Fsp3) is 0.167. The molecule has 3 rings (SSSR count). The summed E-state index contributed by atoms with van der Waals surface area (Å²) in [5.74, 6) is -1.60. The second-order valence-electron chi connectivity index (χ2n) is 6.06. The van der Waals surface area contributed by atoms with Gasteiger partial charge in [-0.15, -0.1) is 0 Å². The molecule has 0 saturated carbocycles. The summed E-state index contributed by atoms with van der Waals surface area (Å²) in [7, 11) is -4.09. The van der Waals surface area contributed by atoms with Crippen molar-refractivity contribution in [1.82, 2.24) is 14.9 Å². The molecule has 1 atom stereocenters. The third-order valence-electron chi connectivity index (χ3n) is 4.04. The van der Waals surface area contributed by atoms with Gasteiger partial charge < -0.3 is 5.32 Å². The van der Waals surface area contributed by atoms with Crippen LogP contribution >= 0.6 is 0 Å². The Morgan fingerprint density at radius 3 is 2.33 bits per heavy atom. The lowest BCUT2D eigenvalue weighted by molar-refractivity contribution is -0.131. The zero-order valence-corrected chi connectivity index (χ0v) is 15.2. The van der Waals surface area contributed by atoms with Crippen molar-refractivity contribution in [2.24, 2.45) is 0 Å². The first-order valence-corrected chi connectivity index (χ1v) is 9.55. The van der Waals surface area contributed by atoms with Crippen LogP contribution in [-0.2, 0) is 19.6 Å². The van der Waals surface area contributed by atoms with Crippen molar-refractivity contribution in [3.63, 3.8) is 0 Å². The summed E-state index contributed by atoms with van der Waals surface area (Å²) in [5, 5.41) is 2.48. The summed E-state index contributed by atoms with van der Waals surface area (Å²) >= 11 is 0. The Morgan fingerprint density at radius 1 is 1.07 bits per heavy atom. The van der Waals surface area contributed by atoms with Gasteiger partial charge in [-0.25, -0.2) is 17.9 Å². The molecule has 1 saturated heterocycles. The maximum absolute atomic E-state index is 12.4. The standard InChI is InChI=1S/C18H17N3O5S/c1-12-7-9-14(10-8-12)27(25,26)20-15(22)11-21-17(23)16(19-18(21)24)13-5-3-2-4-6-13/h2-10,16H,11H2,1H3,(H,19,24)(H,20,22). The van der Waals surface area contributed by atoms with Crippen LogP contribution in [0.25, 0.3) is 0 Å². The molecule has 8 nitrogen and oxygen atoms in total. The summed E-state index contributed by atoms with van der Waals surface area (Å²) in [4.78, 5) is 37.2. The number of carbonyl (C=O) groups excluding carboxylic acids is 3. The Labute approximate surface area is 156 Å². The zero-order chi connectivity index (χ0) is 19.6. The number of rotatable bonds is 5. The van der Waals surface area contributed by atoms with E-state index in [1.54, 1.807) is 49.4 Å². The number of sulfonamides is 1. The van der Waals surface area contributed by atoms with Gasteiger partial charge in [0.25, 0.3) is 21.8 Å². The molecule has 2 aromatic rings. The molecule has 0 spiro atoms. The van der Waals surface area contributed by atoms with Crippen LogP contribution in [-0.4, -0.2) is 37.7 Å². The van der Waals surface area contributed by atoms with E-state index < -0.39 is 40.5 Å². The number of imide groups is 1. The van der Waals surface area contributed by atoms with Gasteiger partial charge in [-0.3, -0.25) is 14.5 Å². The Morgan fingerprint density at radius 2 is 1.70 bits per heavy atom. The average molecular weight is 387 g/mol. The zero-order valence-electron chi connectivity index (χ0n) is 14.4. The van der Waals surface area contributed by atoms with Crippen LogP contribution in [0.5, 0.6) is 0 Å². The normalized spacial score (nSPS) is 16.9. The van der Waals surface area contributed by atoms with Crippen molar-refractivity contribution in [3.8, 4) is 0 Å². The first kappa shape index (κ1) is 18.6. The SMILES string of the molecule is Cc1ccc(S(=O)(=O)NC(=O)CN2C(=O)NC(c3ccccc3)C2=O)cc1. The lowest BCUT2D eigenvalue weighted by Crippen LogP contribution is -2.42. The molecule has 1 heterocycles. The molecule has 27 heavy (non-hydrogen) atoms. The van der Waals surface area contributed by atoms with E-state index in [-0.39, 0.29) is 4.90 Å². The van der Waals surface area contributed by atoms with Gasteiger partial charge in [-0.1, -0.05) is 48.0 Å². The van der Waals surface area contributed by atoms with Crippen molar-refractivity contribution in [2.45, 2.75) is 17.9 Å². The molecule has 9 heteroatoms. The van der Waals surface area contributed by atoms with E-state index in [1.165, 1.54) is 12.1 Å². The maximum atomic E-state index is 12.4. The number of hydrogen-bond donors (Lipinski definition) is 2. The maximum Gasteiger partial charge on any atom is 0.325 e. The van der Waals surface area contributed by atoms with Crippen molar-refractivity contribution >= 4 is 27.9 Å². The fourth-order valence-electron chi connectivity index (χ4n) is 2.64. The lowest BCUT2D eigenvalue weighted by atomic mass is 10.1. The van der Waals surface area contributed by atoms with Crippen LogP contribution < -0.4 is 10.0 Å². The van der Waals surface area contributed by atoms with E-state index in [1.807, 2.05) is 4.72 Å². The van der Waals surface area contributed by atoms with E-state index in [9.17, 15) is 22.8 Å². The Balaban J connectivity index is 1.69. The van der Waals surface area contributed by atoms with E-state index in [0.717, 1.165) is 5.56 Å². The Kier molecular flexibility index (Phi) is 4.95. The molecular formula is C18H17N3O5S. The predicted octanol–water partition coefficient (Wildman–Crippen LogP) is 1.09. The number of amides is 4. The minimum Gasteiger partial charge on any atom is -0.322 e. The molecule has 1 aliphatic rings. The molecule has 2 N–H and O–H groups in total. The number of urea groups is 1. The summed E-state index contributed by atoms with van der Waals surface area (Å²) in [6.45, 7) is 1.11. The van der Waals surface area contributed by atoms with Crippen LogP contribution in [0, 0.1) is 6.92 Å². The van der Waals surface area contributed by atoms with E-state index >= 15 is 0 Å². The van der Waals surface area contributed by atoms with Crippen molar-refractivity contribution in [1.29, 1.82) is 0 Å². The highest BCUT2D eigenvalue weighted by Gasteiger charge is 2.40. The molecular weight excluding hydrogens is 370 g/mol. The first-order valence-electron chi connectivity index (χ1n) is 8.07. The molecule has 0 aliphatic carbocycles. The minimum absolute atomic E-state index is 0.0826. The lowest BCUT2D eigenvalue weighted by Gasteiger charge is -2.13. The number of aryl methyl sites for hydroxylation is 1. The summed E-state index contributed by atoms with van der Waals surface area (Å²) in [6.07, 6.45) is 0. The fourth-order valence-corrected chi connectivity index (χ4v) is 3.62. The van der Waals surface area contributed by atoms with Gasteiger partial charge in [0.1, 0.15) is 12.6 Å². The van der Waals surface area contributed by atoms with Crippen LogP contribution in [0.2, 0.25) is 0 Å². The summed E-state index contributed by atoms with van der Waals surface area (Å²) < 4.78 is 26.4. The smallest absolute Gasteiger partial charge is 0.322 e. The van der Waals surface area contributed by atoms with Crippen LogP contribution in [0.1, 0.15) is 17.2 Å². The third kappa shape index (κ3) is 3.98. The molecule has 4 amide bonds. The predicted molar refractivity (Wildman–Crippen MR) is 95.9 cm³/mol. The highest BCUT2D eigenvalue weighted by molar-refractivity contribution is 7.90. The quantitative estimate of drug-likeness (QED) is 0.746. The van der Waals surface area contributed by atoms with Crippen molar-refractivity contribution in [3.05, 3.63) is 65.7 Å². The molecule has 1 fully saturated rings. The second kappa shape index (κ2) is 7.20.